The Kier molecular flexibility index (Phi) is 4.71. The predicted octanol–water partition coefficient (Wildman–Crippen LogP) is 2.65. The van der Waals surface area contributed by atoms with Crippen molar-refractivity contribution in [3.63, 3.8) is 0 Å². The number of carbonyl (C=O) groups is 1. The molecule has 1 atom stereocenters. The first-order valence-corrected chi connectivity index (χ1v) is 8.39. The average molecular weight is 286 g/mol. The van der Waals surface area contributed by atoms with Crippen LogP contribution in [0.25, 0.3) is 0 Å². The lowest BCUT2D eigenvalue weighted by atomic mass is 9.97. The summed E-state index contributed by atoms with van der Waals surface area (Å²) in [6, 6.07) is 8.92. The van der Waals surface area contributed by atoms with Gasteiger partial charge in [0.25, 0.3) is 0 Å². The molecular formula is C18H26N2O. The van der Waals surface area contributed by atoms with Crippen LogP contribution in [0.15, 0.2) is 24.3 Å². The minimum absolute atomic E-state index is 0.112. The molecule has 1 unspecified atom stereocenters. The number of Topliss-reactive ketones (excluding diaryl/α,β-unsaturated/α-hetero) is 1. The molecule has 0 spiro atoms. The van der Waals surface area contributed by atoms with Gasteiger partial charge >= 0.3 is 0 Å². The lowest BCUT2D eigenvalue weighted by Crippen LogP contribution is -2.47. The van der Waals surface area contributed by atoms with E-state index in [4.69, 9.17) is 0 Å². The third-order valence-electron chi connectivity index (χ3n) is 5.02. The van der Waals surface area contributed by atoms with E-state index < -0.39 is 0 Å². The number of hydrogen-bond acceptors (Lipinski definition) is 3. The fraction of sp³-hybridized carbons (Fsp3) is 0.611. The van der Waals surface area contributed by atoms with Crippen LogP contribution in [0, 0.1) is 0 Å². The highest BCUT2D eigenvalue weighted by Crippen LogP contribution is 2.27. The molecule has 1 aromatic rings. The van der Waals surface area contributed by atoms with Crippen molar-refractivity contribution < 1.29 is 4.79 Å². The summed E-state index contributed by atoms with van der Waals surface area (Å²) < 4.78 is 0. The van der Waals surface area contributed by atoms with Gasteiger partial charge in [-0.25, -0.2) is 0 Å². The van der Waals surface area contributed by atoms with Gasteiger partial charge < -0.3 is 5.32 Å². The zero-order valence-electron chi connectivity index (χ0n) is 13.0. The highest BCUT2D eigenvalue weighted by molar-refractivity contribution is 6.00. The molecule has 2 aliphatic heterocycles. The molecule has 114 valence electrons. The molecule has 2 heterocycles. The molecule has 21 heavy (non-hydrogen) atoms. The summed E-state index contributed by atoms with van der Waals surface area (Å²) in [5.74, 6) is 0.327. The second-order valence-electron chi connectivity index (χ2n) is 6.29. The normalized spacial score (nSPS) is 24.3. The maximum atomic E-state index is 12.8. The third-order valence-corrected chi connectivity index (χ3v) is 5.02. The van der Waals surface area contributed by atoms with E-state index in [1.807, 2.05) is 12.1 Å². The Morgan fingerprint density at radius 2 is 1.90 bits per heavy atom. The van der Waals surface area contributed by atoms with Crippen molar-refractivity contribution >= 4 is 5.78 Å². The van der Waals surface area contributed by atoms with Gasteiger partial charge in [-0.3, -0.25) is 9.69 Å². The molecule has 0 saturated carbocycles. The largest absolute Gasteiger partial charge is 0.317 e. The molecule has 0 amide bonds. The van der Waals surface area contributed by atoms with Crippen LogP contribution < -0.4 is 5.32 Å². The van der Waals surface area contributed by atoms with E-state index in [9.17, 15) is 4.79 Å². The van der Waals surface area contributed by atoms with Crippen LogP contribution in [0.5, 0.6) is 0 Å². The number of aryl methyl sites for hydroxylation is 1. The van der Waals surface area contributed by atoms with Crippen LogP contribution in [-0.2, 0) is 6.42 Å². The van der Waals surface area contributed by atoms with Crippen LogP contribution in [-0.4, -0.2) is 42.4 Å². The topological polar surface area (TPSA) is 32.3 Å². The van der Waals surface area contributed by atoms with Crippen molar-refractivity contribution in [3.05, 3.63) is 35.4 Å². The van der Waals surface area contributed by atoms with Crippen LogP contribution in [0.3, 0.4) is 0 Å². The van der Waals surface area contributed by atoms with Crippen LogP contribution in [0.2, 0.25) is 0 Å². The average Bonchev–Trinajstić information content (AvgIpc) is 3.04. The van der Waals surface area contributed by atoms with Crippen LogP contribution in [0.1, 0.15) is 48.5 Å². The smallest absolute Gasteiger partial charge is 0.179 e. The second kappa shape index (κ2) is 6.71. The van der Waals surface area contributed by atoms with E-state index in [1.165, 1.54) is 18.4 Å². The predicted molar refractivity (Wildman–Crippen MR) is 85.8 cm³/mol. The number of ketones is 1. The Morgan fingerprint density at radius 1 is 1.19 bits per heavy atom. The first kappa shape index (κ1) is 14.7. The van der Waals surface area contributed by atoms with Crippen molar-refractivity contribution in [2.75, 3.05) is 19.6 Å². The van der Waals surface area contributed by atoms with Gasteiger partial charge in [-0.2, -0.15) is 0 Å². The minimum Gasteiger partial charge on any atom is -0.317 e. The summed E-state index contributed by atoms with van der Waals surface area (Å²) >= 11 is 0. The number of piperidine rings is 1. The Hall–Kier alpha value is -1.19. The van der Waals surface area contributed by atoms with E-state index in [-0.39, 0.29) is 6.04 Å². The van der Waals surface area contributed by atoms with E-state index in [2.05, 4.69) is 29.3 Å². The van der Waals surface area contributed by atoms with Gasteiger partial charge in [-0.15, -0.1) is 0 Å². The van der Waals surface area contributed by atoms with Crippen LogP contribution >= 0.6 is 0 Å². The molecule has 2 fully saturated rings. The number of hydrogen-bond donors (Lipinski definition) is 1. The van der Waals surface area contributed by atoms with Gasteiger partial charge in [-0.1, -0.05) is 31.2 Å². The molecule has 3 heteroatoms. The van der Waals surface area contributed by atoms with Gasteiger partial charge in [0, 0.05) is 11.6 Å². The lowest BCUT2D eigenvalue weighted by molar-refractivity contribution is 0.0783. The van der Waals surface area contributed by atoms with E-state index in [1.54, 1.807) is 0 Å². The number of nitrogens with zero attached hydrogens (tertiary/aromatic N) is 1. The molecule has 1 N–H and O–H groups in total. The summed E-state index contributed by atoms with van der Waals surface area (Å²) in [6.07, 6.45) is 5.57. The maximum absolute atomic E-state index is 12.8. The van der Waals surface area contributed by atoms with E-state index in [0.29, 0.717) is 11.8 Å². The lowest BCUT2D eigenvalue weighted by Gasteiger charge is -2.35. The standard InChI is InChI=1S/C18H26N2O/c1-2-14-5-7-15(8-6-14)18(21)17-4-3-13-20(17)16-9-11-19-12-10-16/h5-8,16-17,19H,2-4,9-13H2,1H3. The zero-order valence-corrected chi connectivity index (χ0v) is 13.0. The summed E-state index contributed by atoms with van der Waals surface area (Å²) in [6.45, 7) is 5.42. The van der Waals surface area contributed by atoms with Crippen LogP contribution in [0.4, 0.5) is 0 Å². The van der Waals surface area contributed by atoms with Crippen molar-refractivity contribution in [1.82, 2.24) is 10.2 Å². The summed E-state index contributed by atoms with van der Waals surface area (Å²) in [4.78, 5) is 15.3. The number of nitrogens with one attached hydrogen (secondary N) is 1. The van der Waals surface area contributed by atoms with Crippen molar-refractivity contribution in [1.29, 1.82) is 0 Å². The molecule has 0 radical (unpaired) electrons. The van der Waals surface area contributed by atoms with Gasteiger partial charge in [-0.05, 0) is 57.3 Å². The quantitative estimate of drug-likeness (QED) is 0.864. The zero-order chi connectivity index (χ0) is 14.7. The summed E-state index contributed by atoms with van der Waals surface area (Å²) in [5, 5.41) is 3.41. The third kappa shape index (κ3) is 3.19. The van der Waals surface area contributed by atoms with Gasteiger partial charge in [0.1, 0.15) is 0 Å². The molecule has 1 aromatic carbocycles. The first-order valence-electron chi connectivity index (χ1n) is 8.39. The molecule has 2 saturated heterocycles. The SMILES string of the molecule is CCc1ccc(C(=O)C2CCCN2C2CCNCC2)cc1. The van der Waals surface area contributed by atoms with Crippen molar-refractivity contribution in [2.45, 2.75) is 51.1 Å². The second-order valence-corrected chi connectivity index (χ2v) is 6.29. The van der Waals surface area contributed by atoms with Gasteiger partial charge in [0.15, 0.2) is 5.78 Å². The van der Waals surface area contributed by atoms with E-state index in [0.717, 1.165) is 44.5 Å². The Labute approximate surface area is 127 Å². The highest BCUT2D eigenvalue weighted by atomic mass is 16.1. The Morgan fingerprint density at radius 3 is 2.57 bits per heavy atom. The van der Waals surface area contributed by atoms with Crippen molar-refractivity contribution in [2.24, 2.45) is 0 Å². The molecule has 3 rings (SSSR count). The number of benzene rings is 1. The minimum atomic E-state index is 0.112. The fourth-order valence-corrected chi connectivity index (χ4v) is 3.74. The Bertz CT molecular complexity index is 476. The molecule has 0 aromatic heterocycles. The van der Waals surface area contributed by atoms with Crippen molar-refractivity contribution in [3.8, 4) is 0 Å². The van der Waals surface area contributed by atoms with Gasteiger partial charge in [0.2, 0.25) is 0 Å². The fourth-order valence-electron chi connectivity index (χ4n) is 3.74. The monoisotopic (exact) mass is 286 g/mol. The van der Waals surface area contributed by atoms with Gasteiger partial charge in [0.05, 0.1) is 6.04 Å². The number of carbonyl (C=O) groups excluding carboxylic acids is 1. The molecule has 2 aliphatic rings. The van der Waals surface area contributed by atoms with E-state index >= 15 is 0 Å². The maximum Gasteiger partial charge on any atom is 0.179 e. The molecular weight excluding hydrogens is 260 g/mol. The summed E-state index contributed by atoms with van der Waals surface area (Å²) in [7, 11) is 0. The first-order chi connectivity index (χ1) is 10.3. The Balaban J connectivity index is 1.72. The summed E-state index contributed by atoms with van der Waals surface area (Å²) in [5.41, 5.74) is 2.19. The highest BCUT2D eigenvalue weighted by Gasteiger charge is 2.35. The number of rotatable bonds is 4. The number of likely N-dealkylation sites (tertiary alicyclic amines) is 1. The molecule has 0 aliphatic carbocycles. The molecule has 0 bridgehead atoms. The molecule has 3 nitrogen and oxygen atoms in total.